The molecular formula is C12H13F6NO. The molecule has 0 saturated carbocycles. The predicted octanol–water partition coefficient (Wildman–Crippen LogP) is 3.59. The van der Waals surface area contributed by atoms with E-state index < -0.39 is 37.5 Å². The van der Waals surface area contributed by atoms with E-state index in [0.29, 0.717) is 0 Å². The minimum absolute atomic E-state index is 0.0128. The summed E-state index contributed by atoms with van der Waals surface area (Å²) in [7, 11) is 1.28. The van der Waals surface area contributed by atoms with Gasteiger partial charge >= 0.3 is 12.4 Å². The summed E-state index contributed by atoms with van der Waals surface area (Å²) >= 11 is 0. The molecule has 0 aliphatic rings. The molecule has 1 N–H and O–H groups in total. The Bertz CT molecular complexity index is 454. The zero-order valence-electron chi connectivity index (χ0n) is 10.5. The molecule has 0 unspecified atom stereocenters. The molecule has 0 atom stereocenters. The highest BCUT2D eigenvalue weighted by Gasteiger charge is 2.34. The lowest BCUT2D eigenvalue weighted by atomic mass is 10.1. The molecule has 0 aliphatic heterocycles. The number of anilines is 1. The second-order valence-corrected chi connectivity index (χ2v) is 4.28. The lowest BCUT2D eigenvalue weighted by Gasteiger charge is -2.22. The van der Waals surface area contributed by atoms with Crippen molar-refractivity contribution in [3.05, 3.63) is 29.3 Å². The topological polar surface area (TPSA) is 23.5 Å². The Balaban J connectivity index is 2.97. The van der Waals surface area contributed by atoms with E-state index in [9.17, 15) is 26.3 Å². The summed E-state index contributed by atoms with van der Waals surface area (Å²) in [6, 6.07) is 3.04. The molecular weight excluding hydrogens is 288 g/mol. The van der Waals surface area contributed by atoms with Gasteiger partial charge in [0.2, 0.25) is 0 Å². The third-order valence-electron chi connectivity index (χ3n) is 2.74. The Hall–Kier alpha value is -1.44. The van der Waals surface area contributed by atoms with Crippen LogP contribution in [0.1, 0.15) is 17.5 Å². The van der Waals surface area contributed by atoms with Gasteiger partial charge in [0.15, 0.2) is 0 Å². The molecule has 0 aromatic heterocycles. The first-order valence-corrected chi connectivity index (χ1v) is 5.63. The zero-order chi connectivity index (χ0) is 15.6. The number of hydrogen-bond acceptors (Lipinski definition) is 2. The molecule has 0 radical (unpaired) electrons. The number of aliphatic hydroxyl groups is 1. The number of halogens is 6. The van der Waals surface area contributed by atoms with E-state index in [1.165, 1.54) is 13.1 Å². The summed E-state index contributed by atoms with van der Waals surface area (Å²) in [4.78, 5) is 1.09. The van der Waals surface area contributed by atoms with E-state index in [0.717, 1.165) is 17.0 Å². The molecule has 20 heavy (non-hydrogen) atoms. The summed E-state index contributed by atoms with van der Waals surface area (Å²) in [6.07, 6.45) is -10.2. The van der Waals surface area contributed by atoms with Crippen LogP contribution in [0.15, 0.2) is 18.2 Å². The fourth-order valence-electron chi connectivity index (χ4n) is 1.63. The third kappa shape index (κ3) is 4.59. The first kappa shape index (κ1) is 16.6. The van der Waals surface area contributed by atoms with Crippen LogP contribution in [-0.4, -0.2) is 24.9 Å². The van der Waals surface area contributed by atoms with Crippen LogP contribution in [-0.2, 0) is 12.8 Å². The van der Waals surface area contributed by atoms with Crippen molar-refractivity contribution < 1.29 is 31.4 Å². The van der Waals surface area contributed by atoms with E-state index >= 15 is 0 Å². The number of alkyl halides is 6. The summed E-state index contributed by atoms with van der Waals surface area (Å²) in [5.41, 5.74) is -1.35. The second-order valence-electron chi connectivity index (χ2n) is 4.28. The first-order valence-electron chi connectivity index (χ1n) is 5.63. The van der Waals surface area contributed by atoms with Gasteiger partial charge in [-0.25, -0.2) is 0 Å². The first-order chi connectivity index (χ1) is 9.04. The quantitative estimate of drug-likeness (QED) is 0.859. The van der Waals surface area contributed by atoms with Gasteiger partial charge in [-0.3, -0.25) is 0 Å². The van der Waals surface area contributed by atoms with Crippen LogP contribution in [0.2, 0.25) is 0 Å². The van der Waals surface area contributed by atoms with Gasteiger partial charge in [-0.15, -0.1) is 0 Å². The van der Waals surface area contributed by atoms with E-state index in [1.807, 2.05) is 0 Å². The van der Waals surface area contributed by atoms with Crippen LogP contribution in [0.25, 0.3) is 0 Å². The van der Waals surface area contributed by atoms with Gasteiger partial charge < -0.3 is 10.0 Å². The van der Waals surface area contributed by atoms with Crippen LogP contribution in [0, 0.1) is 0 Å². The molecule has 1 rings (SSSR count). The molecule has 0 saturated heterocycles. The van der Waals surface area contributed by atoms with E-state index in [1.54, 1.807) is 0 Å². The van der Waals surface area contributed by atoms with Crippen molar-refractivity contribution in [2.75, 3.05) is 18.5 Å². The molecule has 0 amide bonds. The molecule has 0 heterocycles. The number of rotatable bonds is 4. The average molecular weight is 301 g/mol. The van der Waals surface area contributed by atoms with Crippen molar-refractivity contribution in [1.82, 2.24) is 0 Å². The Morgan fingerprint density at radius 1 is 1.10 bits per heavy atom. The lowest BCUT2D eigenvalue weighted by molar-refractivity contribution is -0.138. The Labute approximate surface area is 111 Å². The highest BCUT2D eigenvalue weighted by atomic mass is 19.4. The van der Waals surface area contributed by atoms with Crippen molar-refractivity contribution >= 4 is 5.69 Å². The second kappa shape index (κ2) is 5.90. The van der Waals surface area contributed by atoms with E-state index in [4.69, 9.17) is 5.11 Å². The predicted molar refractivity (Wildman–Crippen MR) is 61.3 cm³/mol. The van der Waals surface area contributed by atoms with Crippen molar-refractivity contribution in [2.45, 2.75) is 25.4 Å². The molecule has 0 spiro atoms. The molecule has 0 bridgehead atoms. The summed E-state index contributed by atoms with van der Waals surface area (Å²) < 4.78 is 74.5. The smallest absolute Gasteiger partial charge is 0.392 e. The maximum atomic E-state index is 12.7. The minimum Gasteiger partial charge on any atom is -0.392 e. The normalized spacial score (nSPS) is 12.6. The molecule has 0 fully saturated rings. The standard InChI is InChI=1S/C12H13F6NO/c1-19(5-4-11(13,14)15)9-3-2-8(7-20)10(6-9)12(16,17)18/h2-3,6,20H,4-5,7H2,1H3. The van der Waals surface area contributed by atoms with Crippen molar-refractivity contribution in [2.24, 2.45) is 0 Å². The van der Waals surface area contributed by atoms with Crippen LogP contribution in [0.3, 0.4) is 0 Å². The van der Waals surface area contributed by atoms with E-state index in [-0.39, 0.29) is 11.3 Å². The fourth-order valence-corrected chi connectivity index (χ4v) is 1.63. The van der Waals surface area contributed by atoms with Gasteiger partial charge in [0, 0.05) is 19.3 Å². The van der Waals surface area contributed by atoms with Crippen LogP contribution >= 0.6 is 0 Å². The molecule has 0 aliphatic carbocycles. The molecule has 114 valence electrons. The molecule has 8 heteroatoms. The number of nitrogens with zero attached hydrogens (tertiary/aromatic N) is 1. The summed E-state index contributed by atoms with van der Waals surface area (Å²) in [5, 5.41) is 8.86. The monoisotopic (exact) mass is 301 g/mol. The van der Waals surface area contributed by atoms with Gasteiger partial charge in [-0.05, 0) is 17.7 Å². The van der Waals surface area contributed by atoms with Crippen molar-refractivity contribution in [1.29, 1.82) is 0 Å². The Morgan fingerprint density at radius 3 is 2.15 bits per heavy atom. The maximum Gasteiger partial charge on any atom is 0.416 e. The number of hydrogen-bond donors (Lipinski definition) is 1. The third-order valence-corrected chi connectivity index (χ3v) is 2.74. The van der Waals surface area contributed by atoms with Crippen LogP contribution in [0.5, 0.6) is 0 Å². The van der Waals surface area contributed by atoms with Gasteiger partial charge in [-0.2, -0.15) is 26.3 Å². The van der Waals surface area contributed by atoms with Gasteiger partial charge in [0.25, 0.3) is 0 Å². The van der Waals surface area contributed by atoms with Gasteiger partial charge in [0.1, 0.15) is 0 Å². The molecule has 1 aromatic rings. The average Bonchev–Trinajstić information content (AvgIpc) is 2.33. The van der Waals surface area contributed by atoms with Crippen LogP contribution < -0.4 is 4.90 Å². The largest absolute Gasteiger partial charge is 0.416 e. The Morgan fingerprint density at radius 2 is 1.70 bits per heavy atom. The fraction of sp³-hybridized carbons (Fsp3) is 0.500. The highest BCUT2D eigenvalue weighted by Crippen LogP contribution is 2.34. The van der Waals surface area contributed by atoms with Gasteiger partial charge in [0.05, 0.1) is 18.6 Å². The molecule has 2 nitrogen and oxygen atoms in total. The number of aliphatic hydroxyl groups excluding tert-OH is 1. The van der Waals surface area contributed by atoms with E-state index in [2.05, 4.69) is 0 Å². The summed E-state index contributed by atoms with van der Waals surface area (Å²) in [5.74, 6) is 0. The molecule has 1 aromatic carbocycles. The number of benzene rings is 1. The summed E-state index contributed by atoms with van der Waals surface area (Å²) in [6.45, 7) is -1.24. The van der Waals surface area contributed by atoms with Crippen molar-refractivity contribution in [3.8, 4) is 0 Å². The Kier molecular flexibility index (Phi) is 4.90. The SMILES string of the molecule is CN(CCC(F)(F)F)c1ccc(CO)c(C(F)(F)F)c1. The minimum atomic E-state index is -4.67. The van der Waals surface area contributed by atoms with Crippen molar-refractivity contribution in [3.63, 3.8) is 0 Å². The lowest BCUT2D eigenvalue weighted by Crippen LogP contribution is -2.24. The van der Waals surface area contributed by atoms with Gasteiger partial charge in [-0.1, -0.05) is 6.07 Å². The highest BCUT2D eigenvalue weighted by molar-refractivity contribution is 5.51. The zero-order valence-corrected chi connectivity index (χ0v) is 10.5. The maximum absolute atomic E-state index is 12.7. The van der Waals surface area contributed by atoms with Crippen LogP contribution in [0.4, 0.5) is 32.0 Å².